The van der Waals surface area contributed by atoms with Crippen LogP contribution < -0.4 is 0 Å². The molecule has 4 nitrogen and oxygen atoms in total. The Morgan fingerprint density at radius 1 is 0.344 bits per heavy atom. The summed E-state index contributed by atoms with van der Waals surface area (Å²) in [5, 5.41) is 2.08. The van der Waals surface area contributed by atoms with Crippen molar-refractivity contribution >= 4 is 21.9 Å². The largest absolute Gasteiger partial charge is 0.455 e. The molecular weight excluding hydrogens is 743 g/mol. The van der Waals surface area contributed by atoms with Crippen molar-refractivity contribution in [2.75, 3.05) is 0 Å². The predicted octanol–water partition coefficient (Wildman–Crippen LogP) is 14.7. The van der Waals surface area contributed by atoms with Crippen molar-refractivity contribution in [2.24, 2.45) is 0 Å². The molecule has 0 amide bonds. The fraction of sp³-hybridized carbons (Fsp3) is 0.105. The van der Waals surface area contributed by atoms with Gasteiger partial charge in [0, 0.05) is 32.7 Å². The molecule has 0 unspecified atom stereocenters. The van der Waals surface area contributed by atoms with Gasteiger partial charge >= 0.3 is 0 Å². The number of furan rings is 1. The van der Waals surface area contributed by atoms with Gasteiger partial charge in [-0.05, 0) is 97.1 Å². The van der Waals surface area contributed by atoms with Crippen LogP contribution in [-0.2, 0) is 10.8 Å². The maximum absolute atomic E-state index is 6.77. The number of nitrogens with zero attached hydrogens (tertiary/aromatic N) is 3. The summed E-state index contributed by atoms with van der Waals surface area (Å²) in [5.74, 6) is 1.79. The maximum Gasteiger partial charge on any atom is 0.167 e. The fourth-order valence-corrected chi connectivity index (χ4v) is 10.1. The van der Waals surface area contributed by atoms with E-state index in [1.807, 2.05) is 36.4 Å². The monoisotopic (exact) mass is 783 g/mol. The van der Waals surface area contributed by atoms with Gasteiger partial charge < -0.3 is 4.42 Å². The van der Waals surface area contributed by atoms with Crippen LogP contribution in [0.4, 0.5) is 0 Å². The summed E-state index contributed by atoms with van der Waals surface area (Å²) < 4.78 is 6.77. The summed E-state index contributed by atoms with van der Waals surface area (Å²) in [6, 6.07) is 62.6. The van der Waals surface area contributed by atoms with Gasteiger partial charge in [0.15, 0.2) is 17.5 Å². The molecule has 2 heterocycles. The van der Waals surface area contributed by atoms with Crippen molar-refractivity contribution in [3.8, 4) is 78.7 Å². The number of rotatable bonds is 5. The van der Waals surface area contributed by atoms with Crippen LogP contribution in [-0.4, -0.2) is 15.0 Å². The molecule has 0 aliphatic heterocycles. The second-order valence-electron chi connectivity index (χ2n) is 17.6. The lowest BCUT2D eigenvalue weighted by atomic mass is 9.79. The molecule has 0 atom stereocenters. The Hall–Kier alpha value is -7.43. The average molecular weight is 784 g/mol. The third-order valence-corrected chi connectivity index (χ3v) is 13.4. The summed E-state index contributed by atoms with van der Waals surface area (Å²) >= 11 is 0. The molecule has 0 N–H and O–H groups in total. The van der Waals surface area contributed by atoms with E-state index >= 15 is 0 Å². The third-order valence-electron chi connectivity index (χ3n) is 13.4. The van der Waals surface area contributed by atoms with Gasteiger partial charge in [0.2, 0.25) is 0 Å². The molecule has 2 aliphatic carbocycles. The van der Waals surface area contributed by atoms with Crippen LogP contribution in [0.5, 0.6) is 0 Å². The highest BCUT2D eigenvalue weighted by Gasteiger charge is 2.42. The normalized spacial score (nSPS) is 14.2. The molecule has 0 saturated carbocycles. The van der Waals surface area contributed by atoms with Crippen LogP contribution in [0, 0.1) is 0 Å². The highest BCUT2D eigenvalue weighted by molar-refractivity contribution is 6.11. The van der Waals surface area contributed by atoms with Gasteiger partial charge in [0.1, 0.15) is 11.2 Å². The molecule has 4 heteroatoms. The van der Waals surface area contributed by atoms with Crippen LogP contribution in [0.25, 0.3) is 101 Å². The predicted molar refractivity (Wildman–Crippen MR) is 249 cm³/mol. The Kier molecular flexibility index (Phi) is 7.59. The van der Waals surface area contributed by atoms with Crippen molar-refractivity contribution < 1.29 is 4.42 Å². The van der Waals surface area contributed by atoms with Crippen molar-refractivity contribution in [3.05, 3.63) is 198 Å². The Bertz CT molecular complexity index is 3400. The van der Waals surface area contributed by atoms with Gasteiger partial charge in [-0.2, -0.15) is 0 Å². The van der Waals surface area contributed by atoms with Crippen molar-refractivity contribution in [1.82, 2.24) is 15.0 Å². The standard InChI is InChI=1S/C57H41N3O/c1-56(2)46-23-12-11-19-40(46)43-32-49-45(33-48(43)56)51-39(20-14-24-47(51)57(49,3)4)38-29-30-50-44(31-38)41-21-13-22-42(52(41)61-50)55-59-53(36-17-9-6-10-18-36)58-54(60-55)37-27-25-35(26-28-37)34-15-7-5-8-16-34/h5-33H,1-4H3. The average Bonchev–Trinajstić information content (AvgIpc) is 3.88. The summed E-state index contributed by atoms with van der Waals surface area (Å²) in [6.45, 7) is 9.49. The molecule has 0 fully saturated rings. The van der Waals surface area contributed by atoms with Gasteiger partial charge in [0.25, 0.3) is 0 Å². The van der Waals surface area contributed by atoms with Gasteiger partial charge in [-0.3, -0.25) is 0 Å². The summed E-state index contributed by atoms with van der Waals surface area (Å²) in [7, 11) is 0. The van der Waals surface area contributed by atoms with E-state index < -0.39 is 0 Å². The van der Waals surface area contributed by atoms with Crippen molar-refractivity contribution in [2.45, 2.75) is 38.5 Å². The van der Waals surface area contributed by atoms with E-state index in [0.717, 1.165) is 49.8 Å². The first-order chi connectivity index (χ1) is 29.7. The third kappa shape index (κ3) is 5.35. The van der Waals surface area contributed by atoms with Crippen molar-refractivity contribution in [1.29, 1.82) is 0 Å². The van der Waals surface area contributed by atoms with Crippen molar-refractivity contribution in [3.63, 3.8) is 0 Å². The minimum atomic E-state index is -0.148. The number of para-hydroxylation sites is 1. The molecule has 2 aromatic heterocycles. The van der Waals surface area contributed by atoms with E-state index in [2.05, 4.69) is 167 Å². The molecule has 2 aliphatic rings. The minimum Gasteiger partial charge on any atom is -0.455 e. The lowest BCUT2D eigenvalue weighted by Gasteiger charge is -2.24. The molecule has 12 rings (SSSR count). The van der Waals surface area contributed by atoms with E-state index in [9.17, 15) is 0 Å². The Labute approximate surface area is 355 Å². The van der Waals surface area contributed by atoms with E-state index in [1.54, 1.807) is 0 Å². The first-order valence-electron chi connectivity index (χ1n) is 21.1. The SMILES string of the molecule is CC1(C)c2ccccc2-c2cc3c(cc21)-c1c(-c2ccc4oc5c(-c6nc(-c7ccccc7)nc(-c7ccc(-c8ccccc8)cc7)n6)cccc5c4c2)cccc1C3(C)C. The molecule has 61 heavy (non-hydrogen) atoms. The number of hydrogen-bond donors (Lipinski definition) is 0. The summed E-state index contributed by atoms with van der Waals surface area (Å²) in [5.41, 5.74) is 19.7. The first-order valence-corrected chi connectivity index (χ1v) is 21.1. The zero-order valence-corrected chi connectivity index (χ0v) is 34.5. The van der Waals surface area contributed by atoms with Crippen LogP contribution in [0.3, 0.4) is 0 Å². The maximum atomic E-state index is 6.77. The molecule has 0 radical (unpaired) electrons. The Morgan fingerprint density at radius 3 is 1.64 bits per heavy atom. The summed E-state index contributed by atoms with van der Waals surface area (Å²) in [4.78, 5) is 15.2. The second-order valence-corrected chi connectivity index (χ2v) is 17.6. The van der Waals surface area contributed by atoms with E-state index in [0.29, 0.717) is 17.5 Å². The van der Waals surface area contributed by atoms with E-state index in [4.69, 9.17) is 19.4 Å². The van der Waals surface area contributed by atoms with Gasteiger partial charge in [0.05, 0.1) is 5.56 Å². The Balaban J connectivity index is 0.990. The Morgan fingerprint density at radius 2 is 0.869 bits per heavy atom. The van der Waals surface area contributed by atoms with E-state index in [1.165, 1.54) is 55.6 Å². The molecule has 0 saturated heterocycles. The highest BCUT2D eigenvalue weighted by Crippen LogP contribution is 2.57. The summed E-state index contributed by atoms with van der Waals surface area (Å²) in [6.07, 6.45) is 0. The highest BCUT2D eigenvalue weighted by atomic mass is 16.3. The van der Waals surface area contributed by atoms with Crippen LogP contribution in [0.1, 0.15) is 49.9 Å². The van der Waals surface area contributed by atoms with Gasteiger partial charge in [-0.1, -0.05) is 173 Å². The molecule has 290 valence electrons. The number of hydrogen-bond acceptors (Lipinski definition) is 4. The lowest BCUT2D eigenvalue weighted by molar-refractivity contribution is 0.652. The minimum absolute atomic E-state index is 0.0801. The molecule has 0 spiro atoms. The molecule has 8 aromatic carbocycles. The number of aromatic nitrogens is 3. The molecule has 0 bridgehead atoms. The van der Waals surface area contributed by atoms with Crippen LogP contribution >= 0.6 is 0 Å². The lowest BCUT2D eigenvalue weighted by Crippen LogP contribution is -2.16. The smallest absolute Gasteiger partial charge is 0.167 e. The zero-order valence-electron chi connectivity index (χ0n) is 34.5. The number of fused-ring (bicyclic) bond motifs is 9. The van der Waals surface area contributed by atoms with Gasteiger partial charge in [-0.25, -0.2) is 15.0 Å². The zero-order chi connectivity index (χ0) is 41.0. The van der Waals surface area contributed by atoms with Crippen LogP contribution in [0.15, 0.2) is 180 Å². The fourth-order valence-electron chi connectivity index (χ4n) is 10.1. The number of benzene rings is 8. The van der Waals surface area contributed by atoms with Crippen LogP contribution in [0.2, 0.25) is 0 Å². The molecular formula is C57H41N3O. The first kappa shape index (κ1) is 35.5. The second kappa shape index (κ2) is 13.0. The van der Waals surface area contributed by atoms with E-state index in [-0.39, 0.29) is 10.8 Å². The topological polar surface area (TPSA) is 51.8 Å². The molecule has 10 aromatic rings. The van der Waals surface area contributed by atoms with Gasteiger partial charge in [-0.15, -0.1) is 0 Å². The quantitative estimate of drug-likeness (QED) is 0.174.